The zero-order valence-electron chi connectivity index (χ0n) is 9.79. The molecule has 2 heterocycles. The number of carbonyl (C=O) groups is 1. The van der Waals surface area contributed by atoms with Crippen molar-refractivity contribution in [2.45, 2.75) is 50.1 Å². The van der Waals surface area contributed by atoms with Crippen molar-refractivity contribution in [3.05, 3.63) is 0 Å². The van der Waals surface area contributed by atoms with E-state index in [4.69, 9.17) is 0 Å². The Kier molecular flexibility index (Phi) is 2.61. The Balaban J connectivity index is 1.56. The van der Waals surface area contributed by atoms with E-state index in [-0.39, 0.29) is 18.2 Å². The highest BCUT2D eigenvalue weighted by Crippen LogP contribution is 2.36. The van der Waals surface area contributed by atoms with E-state index in [0.29, 0.717) is 18.9 Å². The van der Waals surface area contributed by atoms with Crippen molar-refractivity contribution in [2.24, 2.45) is 5.92 Å². The second kappa shape index (κ2) is 3.90. The molecule has 1 aliphatic carbocycles. The summed E-state index contributed by atoms with van der Waals surface area (Å²) in [5, 5.41) is 2.58. The van der Waals surface area contributed by atoms with Crippen molar-refractivity contribution in [1.29, 1.82) is 0 Å². The van der Waals surface area contributed by atoms with Gasteiger partial charge in [0.25, 0.3) is 5.92 Å². The maximum Gasteiger partial charge on any atom is 0.267 e. The minimum Gasteiger partial charge on any atom is -0.347 e. The molecule has 1 saturated carbocycles. The molecule has 0 radical (unpaired) electrons. The van der Waals surface area contributed by atoms with Gasteiger partial charge in [0, 0.05) is 25.6 Å². The number of halogens is 2. The molecule has 1 N–H and O–H groups in total. The minimum atomic E-state index is -2.71. The summed E-state index contributed by atoms with van der Waals surface area (Å²) in [6.45, 7) is 1.85. The number of fused-ring (bicyclic) bond motifs is 1. The van der Waals surface area contributed by atoms with Crippen LogP contribution in [0.5, 0.6) is 0 Å². The van der Waals surface area contributed by atoms with E-state index in [1.807, 2.05) is 0 Å². The zero-order chi connectivity index (χ0) is 12.0. The first kappa shape index (κ1) is 11.4. The molecule has 3 unspecified atom stereocenters. The third-order valence-corrected chi connectivity index (χ3v) is 4.29. The normalized spacial score (nSPS) is 42.9. The number of hydrogen-bond acceptors (Lipinski definition) is 2. The number of hydrogen-bond donors (Lipinski definition) is 1. The van der Waals surface area contributed by atoms with Crippen LogP contribution in [0.1, 0.15) is 32.1 Å². The molecule has 0 spiro atoms. The fourth-order valence-corrected chi connectivity index (χ4v) is 3.11. The smallest absolute Gasteiger partial charge is 0.267 e. The molecule has 17 heavy (non-hydrogen) atoms. The Bertz CT molecular complexity index is 324. The third-order valence-electron chi connectivity index (χ3n) is 4.29. The van der Waals surface area contributed by atoms with Crippen LogP contribution in [0.25, 0.3) is 0 Å². The van der Waals surface area contributed by atoms with Gasteiger partial charge in [0.05, 0.1) is 12.0 Å². The van der Waals surface area contributed by atoms with Crippen LogP contribution in [0.3, 0.4) is 0 Å². The van der Waals surface area contributed by atoms with Gasteiger partial charge in [-0.1, -0.05) is 6.42 Å². The number of nitrogens with one attached hydrogen (secondary N) is 1. The number of piperidine rings is 1. The first-order valence-electron chi connectivity index (χ1n) is 6.48. The van der Waals surface area contributed by atoms with Crippen molar-refractivity contribution in [1.82, 2.24) is 10.2 Å². The molecule has 1 amide bonds. The van der Waals surface area contributed by atoms with E-state index in [1.54, 1.807) is 0 Å². The number of nitrogens with zero attached hydrogens (tertiary/aromatic N) is 1. The summed E-state index contributed by atoms with van der Waals surface area (Å²) in [6, 6.07) is -0.381. The van der Waals surface area contributed by atoms with Gasteiger partial charge >= 0.3 is 0 Å². The van der Waals surface area contributed by atoms with Gasteiger partial charge in [-0.2, -0.15) is 0 Å². The lowest BCUT2D eigenvalue weighted by Crippen LogP contribution is -2.51. The average Bonchev–Trinajstić information content (AvgIpc) is 2.88. The molecule has 2 aliphatic heterocycles. The average molecular weight is 244 g/mol. The first-order valence-corrected chi connectivity index (χ1v) is 6.48. The van der Waals surface area contributed by atoms with Gasteiger partial charge in [-0.15, -0.1) is 0 Å². The predicted octanol–water partition coefficient (Wildman–Crippen LogP) is 1.38. The number of carbonyl (C=O) groups excluding carboxylic acids is 1. The van der Waals surface area contributed by atoms with E-state index < -0.39 is 12.0 Å². The maximum absolute atomic E-state index is 13.6. The summed E-state index contributed by atoms with van der Waals surface area (Å²) >= 11 is 0. The highest BCUT2D eigenvalue weighted by Gasteiger charge is 2.48. The topological polar surface area (TPSA) is 32.1 Å². The van der Waals surface area contributed by atoms with Crippen LogP contribution in [-0.4, -0.2) is 41.9 Å². The number of amides is 1. The fourth-order valence-electron chi connectivity index (χ4n) is 3.11. The first-order chi connectivity index (χ1) is 8.06. The Labute approximate surface area is 99.5 Å². The summed E-state index contributed by atoms with van der Waals surface area (Å²) in [5.41, 5.74) is 0. The van der Waals surface area contributed by atoms with Gasteiger partial charge in [-0.3, -0.25) is 9.69 Å². The van der Waals surface area contributed by atoms with Gasteiger partial charge in [0.2, 0.25) is 5.91 Å². The standard InChI is InChI=1S/C12H18F2N2O/c13-12(14)4-2-1-3-10(12)15-11(17)8-5-9-7-16(9)6-8/h8-10H,1-7H2,(H,15,17)/t8?,9?,10-,16?/m0/s1. The molecule has 3 aliphatic rings. The van der Waals surface area contributed by atoms with E-state index >= 15 is 0 Å². The zero-order valence-corrected chi connectivity index (χ0v) is 9.79. The molecule has 0 aromatic carbocycles. The molecule has 3 fully saturated rings. The van der Waals surface area contributed by atoms with E-state index in [1.165, 1.54) is 0 Å². The van der Waals surface area contributed by atoms with Crippen molar-refractivity contribution < 1.29 is 13.6 Å². The summed E-state index contributed by atoms with van der Waals surface area (Å²) in [5.74, 6) is -2.94. The van der Waals surface area contributed by atoms with Crippen molar-refractivity contribution in [3.8, 4) is 0 Å². The van der Waals surface area contributed by atoms with Crippen LogP contribution in [0, 0.1) is 5.92 Å². The molecular weight excluding hydrogens is 226 g/mol. The molecule has 0 aromatic heterocycles. The Morgan fingerprint density at radius 3 is 2.76 bits per heavy atom. The quantitative estimate of drug-likeness (QED) is 0.744. The molecule has 2 saturated heterocycles. The van der Waals surface area contributed by atoms with Crippen LogP contribution in [0.15, 0.2) is 0 Å². The van der Waals surface area contributed by atoms with Crippen LogP contribution >= 0.6 is 0 Å². The molecule has 3 nitrogen and oxygen atoms in total. The number of rotatable bonds is 2. The lowest BCUT2D eigenvalue weighted by Gasteiger charge is -2.32. The Hall–Kier alpha value is -0.710. The summed E-state index contributed by atoms with van der Waals surface area (Å²) in [7, 11) is 0. The summed E-state index contributed by atoms with van der Waals surface area (Å²) in [6.07, 6.45) is 2.54. The second-order valence-electron chi connectivity index (χ2n) is 5.61. The van der Waals surface area contributed by atoms with Gasteiger partial charge < -0.3 is 5.32 Å². The SMILES string of the molecule is O=C(N[C@H]1CCCCC1(F)F)C1CC2CN2C1. The van der Waals surface area contributed by atoms with Crippen molar-refractivity contribution in [3.63, 3.8) is 0 Å². The molecule has 0 aromatic rings. The molecule has 5 heteroatoms. The van der Waals surface area contributed by atoms with E-state index in [2.05, 4.69) is 10.2 Å². The van der Waals surface area contributed by atoms with Gasteiger partial charge in [0.15, 0.2) is 0 Å². The lowest BCUT2D eigenvalue weighted by atomic mass is 9.91. The predicted molar refractivity (Wildman–Crippen MR) is 58.8 cm³/mol. The molecule has 4 atom stereocenters. The van der Waals surface area contributed by atoms with Crippen LogP contribution in [-0.2, 0) is 4.79 Å². The fraction of sp³-hybridized carbons (Fsp3) is 0.917. The maximum atomic E-state index is 13.6. The van der Waals surface area contributed by atoms with E-state index in [9.17, 15) is 13.6 Å². The highest BCUT2D eigenvalue weighted by atomic mass is 19.3. The third kappa shape index (κ3) is 2.17. The van der Waals surface area contributed by atoms with Crippen LogP contribution in [0.4, 0.5) is 8.78 Å². The molecular formula is C12H18F2N2O. The van der Waals surface area contributed by atoms with Crippen LogP contribution in [0.2, 0.25) is 0 Å². The van der Waals surface area contributed by atoms with Gasteiger partial charge in [-0.25, -0.2) is 8.78 Å². The Morgan fingerprint density at radius 1 is 1.29 bits per heavy atom. The monoisotopic (exact) mass is 244 g/mol. The van der Waals surface area contributed by atoms with Gasteiger partial charge in [0.1, 0.15) is 0 Å². The molecule has 96 valence electrons. The van der Waals surface area contributed by atoms with Crippen molar-refractivity contribution >= 4 is 5.91 Å². The van der Waals surface area contributed by atoms with E-state index in [0.717, 1.165) is 25.9 Å². The van der Waals surface area contributed by atoms with Crippen LogP contribution < -0.4 is 5.32 Å². The minimum absolute atomic E-state index is 0.0634. The van der Waals surface area contributed by atoms with Gasteiger partial charge in [-0.05, 0) is 19.3 Å². The molecule has 3 rings (SSSR count). The van der Waals surface area contributed by atoms with Crippen molar-refractivity contribution in [2.75, 3.05) is 13.1 Å². The highest BCUT2D eigenvalue weighted by molar-refractivity contribution is 5.80. The second-order valence-corrected chi connectivity index (χ2v) is 5.61. The largest absolute Gasteiger partial charge is 0.347 e. The molecule has 0 bridgehead atoms. The Morgan fingerprint density at radius 2 is 2.12 bits per heavy atom. The number of alkyl halides is 2. The lowest BCUT2D eigenvalue weighted by molar-refractivity contribution is -0.131. The summed E-state index contributed by atoms with van der Waals surface area (Å²) < 4.78 is 27.2. The summed E-state index contributed by atoms with van der Waals surface area (Å²) in [4.78, 5) is 14.1.